The molecule has 0 unspecified atom stereocenters. The summed E-state index contributed by atoms with van der Waals surface area (Å²) in [5.41, 5.74) is 0. The van der Waals surface area contributed by atoms with Crippen molar-refractivity contribution in [3.63, 3.8) is 0 Å². The number of aromatic nitrogens is 2. The van der Waals surface area contributed by atoms with Crippen LogP contribution in [0.5, 0.6) is 0 Å². The Hall–Kier alpha value is -1.32. The molecule has 0 atom stereocenters. The van der Waals surface area contributed by atoms with E-state index in [-0.39, 0.29) is 0 Å². The lowest BCUT2D eigenvalue weighted by atomic mass is 10.2. The Kier molecular flexibility index (Phi) is 3.62. The van der Waals surface area contributed by atoms with E-state index in [0.29, 0.717) is 0 Å². The second kappa shape index (κ2) is 5.55. The smallest absolute Gasteiger partial charge is 0.134 e. The zero-order valence-electron chi connectivity index (χ0n) is 11.0. The van der Waals surface area contributed by atoms with Crippen LogP contribution >= 0.6 is 0 Å². The zero-order valence-corrected chi connectivity index (χ0v) is 11.0. The highest BCUT2D eigenvalue weighted by molar-refractivity contribution is 5.50. The second-order valence-electron chi connectivity index (χ2n) is 5.33. The van der Waals surface area contributed by atoms with Crippen LogP contribution in [0.15, 0.2) is 12.4 Å². The number of rotatable bonds is 2. The maximum absolute atomic E-state index is 4.46. The maximum atomic E-state index is 4.46. The van der Waals surface area contributed by atoms with E-state index >= 15 is 0 Å². The van der Waals surface area contributed by atoms with Crippen molar-refractivity contribution in [2.75, 3.05) is 36.0 Å². The normalized spacial score (nSPS) is 21.1. The first-order chi connectivity index (χ1) is 8.93. The lowest BCUT2D eigenvalue weighted by Crippen LogP contribution is -2.26. The lowest BCUT2D eigenvalue weighted by Gasteiger charge is -2.23. The van der Waals surface area contributed by atoms with Crippen molar-refractivity contribution in [2.24, 2.45) is 0 Å². The summed E-state index contributed by atoms with van der Waals surface area (Å²) in [4.78, 5) is 13.7. The third kappa shape index (κ3) is 2.57. The van der Waals surface area contributed by atoms with E-state index in [4.69, 9.17) is 0 Å². The van der Waals surface area contributed by atoms with Gasteiger partial charge in [-0.05, 0) is 25.7 Å². The highest BCUT2D eigenvalue weighted by Gasteiger charge is 2.16. The van der Waals surface area contributed by atoms with E-state index in [0.717, 1.165) is 37.8 Å². The molecule has 0 aromatic carbocycles. The first-order valence-corrected chi connectivity index (χ1v) is 7.25. The van der Waals surface area contributed by atoms with Crippen LogP contribution < -0.4 is 9.80 Å². The fourth-order valence-electron chi connectivity index (χ4n) is 2.93. The van der Waals surface area contributed by atoms with E-state index in [1.165, 1.54) is 38.5 Å². The summed E-state index contributed by atoms with van der Waals surface area (Å²) in [6.07, 6.45) is 9.63. The Bertz CT molecular complexity index is 379. The molecule has 3 heterocycles. The summed E-state index contributed by atoms with van der Waals surface area (Å²) >= 11 is 0. The SMILES string of the molecule is c1nc(N2CCCCCC2)cc(N2CCCC2)n1. The Balaban J connectivity index is 1.76. The van der Waals surface area contributed by atoms with Crippen molar-refractivity contribution in [1.82, 2.24) is 9.97 Å². The molecule has 98 valence electrons. The minimum atomic E-state index is 1.11. The van der Waals surface area contributed by atoms with Crippen molar-refractivity contribution in [2.45, 2.75) is 38.5 Å². The topological polar surface area (TPSA) is 32.3 Å². The van der Waals surface area contributed by atoms with Gasteiger partial charge in [0.25, 0.3) is 0 Å². The van der Waals surface area contributed by atoms with Gasteiger partial charge in [0, 0.05) is 32.2 Å². The molecule has 2 fully saturated rings. The molecular weight excluding hydrogens is 224 g/mol. The third-order valence-electron chi connectivity index (χ3n) is 4.00. The Morgan fingerprint density at radius 1 is 0.667 bits per heavy atom. The predicted molar refractivity (Wildman–Crippen MR) is 74.2 cm³/mol. The molecule has 0 saturated carbocycles. The molecule has 3 rings (SSSR count). The largest absolute Gasteiger partial charge is 0.356 e. The van der Waals surface area contributed by atoms with Crippen molar-refractivity contribution < 1.29 is 0 Å². The van der Waals surface area contributed by atoms with Crippen LogP contribution in [-0.4, -0.2) is 36.1 Å². The van der Waals surface area contributed by atoms with Crippen LogP contribution in [0.25, 0.3) is 0 Å². The van der Waals surface area contributed by atoms with E-state index < -0.39 is 0 Å². The molecule has 2 saturated heterocycles. The van der Waals surface area contributed by atoms with Crippen molar-refractivity contribution in [3.8, 4) is 0 Å². The van der Waals surface area contributed by atoms with Gasteiger partial charge in [0.2, 0.25) is 0 Å². The molecule has 4 heteroatoms. The molecule has 1 aromatic rings. The van der Waals surface area contributed by atoms with Crippen molar-refractivity contribution in [3.05, 3.63) is 12.4 Å². The number of anilines is 2. The molecule has 2 aliphatic heterocycles. The molecule has 0 radical (unpaired) electrons. The van der Waals surface area contributed by atoms with Crippen LogP contribution in [0.2, 0.25) is 0 Å². The lowest BCUT2D eigenvalue weighted by molar-refractivity contribution is 0.726. The fraction of sp³-hybridized carbons (Fsp3) is 0.714. The van der Waals surface area contributed by atoms with Crippen LogP contribution in [0.3, 0.4) is 0 Å². The summed E-state index contributed by atoms with van der Waals surface area (Å²) in [6, 6.07) is 2.18. The van der Waals surface area contributed by atoms with Gasteiger partial charge >= 0.3 is 0 Å². The third-order valence-corrected chi connectivity index (χ3v) is 4.00. The van der Waals surface area contributed by atoms with Gasteiger partial charge in [0.05, 0.1) is 0 Å². The Labute approximate surface area is 109 Å². The van der Waals surface area contributed by atoms with Gasteiger partial charge in [-0.3, -0.25) is 0 Å². The fourth-order valence-corrected chi connectivity index (χ4v) is 2.93. The van der Waals surface area contributed by atoms with Gasteiger partial charge in [0.1, 0.15) is 18.0 Å². The van der Waals surface area contributed by atoms with Gasteiger partial charge in [-0.15, -0.1) is 0 Å². The first-order valence-electron chi connectivity index (χ1n) is 7.25. The van der Waals surface area contributed by atoms with E-state index in [9.17, 15) is 0 Å². The molecule has 0 spiro atoms. The highest BCUT2D eigenvalue weighted by atomic mass is 15.2. The minimum absolute atomic E-state index is 1.11. The summed E-state index contributed by atoms with van der Waals surface area (Å²) in [7, 11) is 0. The second-order valence-corrected chi connectivity index (χ2v) is 5.33. The van der Waals surface area contributed by atoms with Gasteiger partial charge in [0.15, 0.2) is 0 Å². The van der Waals surface area contributed by atoms with Crippen LogP contribution in [-0.2, 0) is 0 Å². The van der Waals surface area contributed by atoms with Crippen LogP contribution in [0.1, 0.15) is 38.5 Å². The van der Waals surface area contributed by atoms with Crippen molar-refractivity contribution >= 4 is 11.6 Å². The van der Waals surface area contributed by atoms with Gasteiger partial charge in [-0.2, -0.15) is 0 Å². The quantitative estimate of drug-likeness (QED) is 0.802. The minimum Gasteiger partial charge on any atom is -0.356 e. The standard InChI is InChI=1S/C14H22N4/c1-2-4-8-17(7-3-1)13-11-14(16-12-15-13)18-9-5-6-10-18/h11-12H,1-10H2. The number of hydrogen-bond acceptors (Lipinski definition) is 4. The molecular formula is C14H22N4. The monoisotopic (exact) mass is 246 g/mol. The molecule has 0 amide bonds. The summed E-state index contributed by atoms with van der Waals surface area (Å²) < 4.78 is 0. The molecule has 1 aromatic heterocycles. The van der Waals surface area contributed by atoms with Crippen LogP contribution in [0, 0.1) is 0 Å². The van der Waals surface area contributed by atoms with E-state index in [1.807, 2.05) is 0 Å². The average Bonchev–Trinajstić information content (AvgIpc) is 2.82. The van der Waals surface area contributed by atoms with Gasteiger partial charge in [-0.1, -0.05) is 12.8 Å². The summed E-state index contributed by atoms with van der Waals surface area (Å²) in [5, 5.41) is 0. The molecule has 0 bridgehead atoms. The summed E-state index contributed by atoms with van der Waals surface area (Å²) in [5.74, 6) is 2.23. The molecule has 0 N–H and O–H groups in total. The molecule has 2 aliphatic rings. The Morgan fingerprint density at radius 3 is 1.61 bits per heavy atom. The van der Waals surface area contributed by atoms with E-state index in [2.05, 4.69) is 25.8 Å². The molecule has 0 aliphatic carbocycles. The first kappa shape index (κ1) is 11.8. The highest BCUT2D eigenvalue weighted by Crippen LogP contribution is 2.23. The average molecular weight is 246 g/mol. The van der Waals surface area contributed by atoms with E-state index in [1.54, 1.807) is 6.33 Å². The number of hydrogen-bond donors (Lipinski definition) is 0. The summed E-state index contributed by atoms with van der Waals surface area (Å²) in [6.45, 7) is 4.60. The number of nitrogens with zero attached hydrogens (tertiary/aromatic N) is 4. The van der Waals surface area contributed by atoms with Gasteiger partial charge in [-0.25, -0.2) is 9.97 Å². The predicted octanol–water partition coefficient (Wildman–Crippen LogP) is 2.46. The van der Waals surface area contributed by atoms with Gasteiger partial charge < -0.3 is 9.80 Å². The molecule has 18 heavy (non-hydrogen) atoms. The maximum Gasteiger partial charge on any atom is 0.134 e. The Morgan fingerprint density at radius 2 is 1.11 bits per heavy atom. The zero-order chi connectivity index (χ0) is 12.2. The van der Waals surface area contributed by atoms with Crippen molar-refractivity contribution in [1.29, 1.82) is 0 Å². The molecule has 4 nitrogen and oxygen atoms in total. The van der Waals surface area contributed by atoms with Crippen LogP contribution in [0.4, 0.5) is 11.6 Å².